The number of carbonyl (C=O) groups excluding carboxylic acids is 1. The van der Waals surface area contributed by atoms with E-state index < -0.39 is 11.7 Å². The van der Waals surface area contributed by atoms with Gasteiger partial charge in [0.05, 0.1) is 24.4 Å². The van der Waals surface area contributed by atoms with Crippen LogP contribution in [0.2, 0.25) is 0 Å². The number of nitrogens with zero attached hydrogens (tertiary/aromatic N) is 7. The van der Waals surface area contributed by atoms with Crippen LogP contribution in [0.25, 0.3) is 4.85 Å². The second kappa shape index (κ2) is 12.5. The molecular formula is C33H40F3N7O2. The first-order valence-electron chi connectivity index (χ1n) is 15.8. The fourth-order valence-corrected chi connectivity index (χ4v) is 7.72. The predicted molar refractivity (Wildman–Crippen MR) is 165 cm³/mol. The molecule has 1 aromatic heterocycles. The van der Waals surface area contributed by atoms with Gasteiger partial charge < -0.3 is 29.2 Å². The Bertz CT molecular complexity index is 1470. The van der Waals surface area contributed by atoms with Gasteiger partial charge in [-0.1, -0.05) is 25.1 Å². The molecule has 12 heteroatoms. The molecule has 0 N–H and O–H groups in total. The highest BCUT2D eigenvalue weighted by Gasteiger charge is 2.48. The number of likely N-dealkylation sites (tertiary alicyclic amines) is 1. The normalized spacial score (nSPS) is 23.2. The average Bonchev–Trinajstić information content (AvgIpc) is 3.45. The fraction of sp³-hybridized carbons (Fsp3) is 0.576. The predicted octanol–water partition coefficient (Wildman–Crippen LogP) is 4.82. The van der Waals surface area contributed by atoms with E-state index in [2.05, 4.69) is 28.3 Å². The van der Waals surface area contributed by atoms with Gasteiger partial charge in [0.2, 0.25) is 12.5 Å². The molecule has 2 atom stereocenters. The van der Waals surface area contributed by atoms with Gasteiger partial charge in [-0.3, -0.25) is 4.79 Å². The van der Waals surface area contributed by atoms with E-state index in [4.69, 9.17) is 21.3 Å². The summed E-state index contributed by atoms with van der Waals surface area (Å²) in [5, 5.41) is 0. The number of fused-ring (bicyclic) bond motifs is 1. The first-order chi connectivity index (χ1) is 21.6. The number of rotatable bonds is 8. The van der Waals surface area contributed by atoms with Crippen molar-refractivity contribution in [2.45, 2.75) is 63.3 Å². The SMILES string of the molecule is [C-]#[N+]C[C@H]1CN(c2nc(OCC3(C4CCCN4C)CCC3)nc3c2CCN(c2ccccc2C(F)(F)F)C3)CCN1C(=O)C=C. The molecule has 240 valence electrons. The van der Waals surface area contributed by atoms with Crippen molar-refractivity contribution < 1.29 is 22.7 Å². The molecule has 0 bridgehead atoms. The van der Waals surface area contributed by atoms with Crippen LogP contribution in [0.1, 0.15) is 48.9 Å². The Balaban J connectivity index is 1.33. The van der Waals surface area contributed by atoms with E-state index in [1.54, 1.807) is 15.9 Å². The van der Waals surface area contributed by atoms with Crippen molar-refractivity contribution in [3.8, 4) is 6.01 Å². The van der Waals surface area contributed by atoms with Crippen LogP contribution in [-0.2, 0) is 23.9 Å². The molecule has 1 unspecified atom stereocenters. The summed E-state index contributed by atoms with van der Waals surface area (Å²) < 4.78 is 48.3. The van der Waals surface area contributed by atoms with Gasteiger partial charge in [-0.25, -0.2) is 6.57 Å². The number of amides is 1. The lowest BCUT2D eigenvalue weighted by molar-refractivity contribution is -0.137. The van der Waals surface area contributed by atoms with Gasteiger partial charge in [-0.2, -0.15) is 23.1 Å². The highest BCUT2D eigenvalue weighted by atomic mass is 19.4. The van der Waals surface area contributed by atoms with E-state index in [1.807, 2.05) is 0 Å². The van der Waals surface area contributed by atoms with Crippen molar-refractivity contribution in [2.75, 3.05) is 62.7 Å². The van der Waals surface area contributed by atoms with Gasteiger partial charge in [-0.05, 0) is 63.9 Å². The maximum atomic E-state index is 14.0. The summed E-state index contributed by atoms with van der Waals surface area (Å²) in [4.78, 5) is 33.8. The number of hydrogen-bond donors (Lipinski definition) is 0. The third kappa shape index (κ3) is 6.07. The fourth-order valence-electron chi connectivity index (χ4n) is 7.72. The zero-order chi connectivity index (χ0) is 31.8. The Hall–Kier alpha value is -3.85. The topological polar surface area (TPSA) is 69.4 Å². The summed E-state index contributed by atoms with van der Waals surface area (Å²) >= 11 is 0. The molecule has 1 saturated carbocycles. The summed E-state index contributed by atoms with van der Waals surface area (Å²) in [6, 6.07) is 5.99. The molecule has 1 aliphatic carbocycles. The first-order valence-corrected chi connectivity index (χ1v) is 15.8. The molecule has 0 spiro atoms. The van der Waals surface area contributed by atoms with Crippen molar-refractivity contribution in [3.05, 3.63) is 65.2 Å². The van der Waals surface area contributed by atoms with Gasteiger partial charge in [0, 0.05) is 48.9 Å². The Kier molecular flexibility index (Phi) is 8.66. The maximum Gasteiger partial charge on any atom is 0.418 e. The van der Waals surface area contributed by atoms with E-state index in [1.165, 1.54) is 24.6 Å². The van der Waals surface area contributed by atoms with E-state index >= 15 is 0 Å². The molecule has 3 aliphatic heterocycles. The lowest BCUT2D eigenvalue weighted by Gasteiger charge is -2.48. The van der Waals surface area contributed by atoms with Gasteiger partial charge in [0.1, 0.15) is 11.9 Å². The lowest BCUT2D eigenvalue weighted by atomic mass is 9.64. The Morgan fingerprint density at radius 2 is 1.96 bits per heavy atom. The number of alkyl halides is 3. The van der Waals surface area contributed by atoms with E-state index in [0.29, 0.717) is 56.8 Å². The van der Waals surface area contributed by atoms with Crippen LogP contribution in [-0.4, -0.2) is 90.7 Å². The number of aromatic nitrogens is 2. The first kappa shape index (κ1) is 31.1. The van der Waals surface area contributed by atoms with Crippen LogP contribution in [0.15, 0.2) is 36.9 Å². The number of piperazine rings is 1. The zero-order valence-corrected chi connectivity index (χ0v) is 25.7. The molecule has 0 radical (unpaired) electrons. The van der Waals surface area contributed by atoms with Gasteiger partial charge in [-0.15, -0.1) is 0 Å². The van der Waals surface area contributed by atoms with E-state index in [-0.39, 0.29) is 42.2 Å². The average molecular weight is 624 g/mol. The third-order valence-corrected chi connectivity index (χ3v) is 10.2. The highest BCUT2D eigenvalue weighted by Crippen LogP contribution is 2.49. The van der Waals surface area contributed by atoms with Gasteiger partial charge in [0.25, 0.3) is 0 Å². The van der Waals surface area contributed by atoms with Crippen LogP contribution in [0.4, 0.5) is 24.7 Å². The molecule has 9 nitrogen and oxygen atoms in total. The number of benzene rings is 1. The van der Waals surface area contributed by atoms with Crippen LogP contribution in [0.3, 0.4) is 0 Å². The Morgan fingerprint density at radius 1 is 1.16 bits per heavy atom. The van der Waals surface area contributed by atoms with Crippen LogP contribution < -0.4 is 14.5 Å². The Morgan fingerprint density at radius 3 is 2.62 bits per heavy atom. The molecule has 1 aromatic carbocycles. The van der Waals surface area contributed by atoms with Crippen LogP contribution in [0, 0.1) is 12.0 Å². The quantitative estimate of drug-likeness (QED) is 0.309. The number of carbonyl (C=O) groups is 1. The molecule has 6 rings (SSSR count). The lowest BCUT2D eigenvalue weighted by Crippen LogP contribution is -2.56. The van der Waals surface area contributed by atoms with Gasteiger partial charge >= 0.3 is 12.2 Å². The highest BCUT2D eigenvalue weighted by molar-refractivity contribution is 5.87. The molecule has 2 saturated heterocycles. The molecule has 3 fully saturated rings. The van der Waals surface area contributed by atoms with Crippen molar-refractivity contribution >= 4 is 17.4 Å². The molecule has 1 amide bonds. The third-order valence-electron chi connectivity index (χ3n) is 10.2. The van der Waals surface area contributed by atoms with Crippen molar-refractivity contribution in [3.63, 3.8) is 0 Å². The molecular weight excluding hydrogens is 583 g/mol. The number of halogens is 3. The number of anilines is 2. The van der Waals surface area contributed by atoms with Crippen molar-refractivity contribution in [1.29, 1.82) is 0 Å². The largest absolute Gasteiger partial charge is 0.463 e. The summed E-state index contributed by atoms with van der Waals surface area (Å²) in [6.07, 6.45) is 2.88. The minimum atomic E-state index is -4.48. The monoisotopic (exact) mass is 623 g/mol. The smallest absolute Gasteiger partial charge is 0.418 e. The summed E-state index contributed by atoms with van der Waals surface area (Å²) in [5.41, 5.74) is 1.02. The molecule has 4 heterocycles. The number of ether oxygens (including phenoxy) is 1. The second-order valence-corrected chi connectivity index (χ2v) is 12.8. The van der Waals surface area contributed by atoms with E-state index in [9.17, 15) is 18.0 Å². The molecule has 45 heavy (non-hydrogen) atoms. The zero-order valence-electron chi connectivity index (χ0n) is 25.7. The minimum absolute atomic E-state index is 0.0414. The summed E-state index contributed by atoms with van der Waals surface area (Å²) in [5.74, 6) is 0.471. The van der Waals surface area contributed by atoms with E-state index in [0.717, 1.165) is 43.9 Å². The van der Waals surface area contributed by atoms with Crippen LogP contribution in [0.5, 0.6) is 6.01 Å². The second-order valence-electron chi connectivity index (χ2n) is 12.8. The maximum absolute atomic E-state index is 14.0. The minimum Gasteiger partial charge on any atom is -0.463 e. The van der Waals surface area contributed by atoms with Gasteiger partial charge in [0.15, 0.2) is 0 Å². The number of hydrogen-bond acceptors (Lipinski definition) is 7. The Labute approximate surface area is 262 Å². The standard InChI is InChI=1S/C33H40F3N7O2/c1-4-29(44)43-18-17-42(20-23(43)19-37-2)30-24-12-16-41(27-10-6-5-9-25(27)33(34,35)36)21-26(24)38-31(39-30)45-22-32(13-8-14-32)28-11-7-15-40(28)3/h4-6,9-10,23,28H,1,7-8,11-22H2,3H3/t23-,28?/m0/s1. The summed E-state index contributed by atoms with van der Waals surface area (Å²) in [6.45, 7) is 14.7. The van der Waals surface area contributed by atoms with Crippen molar-refractivity contribution in [2.24, 2.45) is 5.41 Å². The van der Waals surface area contributed by atoms with Crippen molar-refractivity contribution in [1.82, 2.24) is 19.8 Å². The van der Waals surface area contributed by atoms with Crippen LogP contribution >= 0.6 is 0 Å². The number of para-hydroxylation sites is 1. The molecule has 4 aliphatic rings. The molecule has 2 aromatic rings. The summed E-state index contributed by atoms with van der Waals surface area (Å²) in [7, 11) is 2.18.